The molecule has 1 aromatic carbocycles. The van der Waals surface area contributed by atoms with E-state index in [-0.39, 0.29) is 0 Å². The van der Waals surface area contributed by atoms with Crippen LogP contribution in [0.15, 0.2) is 24.3 Å². The lowest BCUT2D eigenvalue weighted by Crippen LogP contribution is -2.21. The second kappa shape index (κ2) is 7.47. The van der Waals surface area contributed by atoms with Gasteiger partial charge in [-0.3, -0.25) is 4.68 Å². The summed E-state index contributed by atoms with van der Waals surface area (Å²) in [7, 11) is 1.83. The Hall–Kier alpha value is -1.07. The Bertz CT molecular complexity index is 623. The molecule has 1 heterocycles. The van der Waals surface area contributed by atoms with Crippen molar-refractivity contribution in [1.82, 2.24) is 15.1 Å². The molecule has 4 nitrogen and oxygen atoms in total. The number of nitrogens with one attached hydrogen (secondary N) is 1. The minimum Gasteiger partial charge on any atom is -0.387 e. The van der Waals surface area contributed by atoms with E-state index in [1.807, 2.05) is 19.2 Å². The first-order valence-electron chi connectivity index (χ1n) is 7.25. The summed E-state index contributed by atoms with van der Waals surface area (Å²) in [5.74, 6) is 0.302. The van der Waals surface area contributed by atoms with Gasteiger partial charge >= 0.3 is 0 Å². The number of aliphatic hydroxyl groups is 1. The highest BCUT2D eigenvalue weighted by Crippen LogP contribution is 2.25. The normalized spacial score (nSPS) is 12.9. The Kier molecular flexibility index (Phi) is 5.87. The summed E-state index contributed by atoms with van der Waals surface area (Å²) >= 11 is 12.1. The summed E-state index contributed by atoms with van der Waals surface area (Å²) < 4.78 is 1.68. The van der Waals surface area contributed by atoms with Gasteiger partial charge in [0, 0.05) is 30.7 Å². The van der Waals surface area contributed by atoms with Gasteiger partial charge < -0.3 is 10.4 Å². The molecule has 0 aliphatic carbocycles. The van der Waals surface area contributed by atoms with Crippen LogP contribution in [0.3, 0.4) is 0 Å². The van der Waals surface area contributed by atoms with Crippen LogP contribution in [0.1, 0.15) is 42.7 Å². The van der Waals surface area contributed by atoms with E-state index in [1.54, 1.807) is 16.8 Å². The van der Waals surface area contributed by atoms with E-state index in [1.165, 1.54) is 0 Å². The SMILES string of the molecule is CC(C)c1nn(C)c(Cl)c1CNCC(O)c1ccc(Cl)cc1. The first-order valence-corrected chi connectivity index (χ1v) is 8.01. The van der Waals surface area contributed by atoms with E-state index < -0.39 is 6.10 Å². The molecule has 1 aromatic heterocycles. The molecule has 1 unspecified atom stereocenters. The van der Waals surface area contributed by atoms with E-state index in [4.69, 9.17) is 23.2 Å². The molecule has 0 radical (unpaired) electrons. The summed E-state index contributed by atoms with van der Waals surface area (Å²) in [4.78, 5) is 0. The largest absolute Gasteiger partial charge is 0.387 e. The molecule has 1 atom stereocenters. The fourth-order valence-electron chi connectivity index (χ4n) is 2.33. The highest BCUT2D eigenvalue weighted by Gasteiger charge is 2.17. The zero-order chi connectivity index (χ0) is 16.3. The number of benzene rings is 1. The van der Waals surface area contributed by atoms with Gasteiger partial charge in [0.2, 0.25) is 0 Å². The van der Waals surface area contributed by atoms with Crippen molar-refractivity contribution in [2.24, 2.45) is 7.05 Å². The number of nitrogens with zero attached hydrogens (tertiary/aromatic N) is 2. The Labute approximate surface area is 141 Å². The molecule has 22 heavy (non-hydrogen) atoms. The molecular weight excluding hydrogens is 321 g/mol. The third-order valence-electron chi connectivity index (χ3n) is 3.54. The summed E-state index contributed by atoms with van der Waals surface area (Å²) in [5.41, 5.74) is 2.81. The molecule has 0 aliphatic rings. The Morgan fingerprint density at radius 1 is 1.23 bits per heavy atom. The molecule has 0 spiro atoms. The predicted octanol–water partition coefficient (Wildman–Crippen LogP) is 3.67. The number of aryl methyl sites for hydroxylation is 1. The van der Waals surface area contributed by atoms with Crippen molar-refractivity contribution >= 4 is 23.2 Å². The molecule has 0 fully saturated rings. The van der Waals surface area contributed by atoms with Gasteiger partial charge in [0.25, 0.3) is 0 Å². The summed E-state index contributed by atoms with van der Waals surface area (Å²) in [5, 5.41) is 19.2. The van der Waals surface area contributed by atoms with Crippen molar-refractivity contribution in [3.05, 3.63) is 51.3 Å². The minimum absolute atomic E-state index is 0.302. The summed E-state index contributed by atoms with van der Waals surface area (Å²) in [6.07, 6.45) is -0.588. The maximum atomic E-state index is 10.2. The Morgan fingerprint density at radius 3 is 2.45 bits per heavy atom. The first kappa shape index (κ1) is 17.3. The zero-order valence-corrected chi connectivity index (χ0v) is 14.5. The lowest BCUT2D eigenvalue weighted by molar-refractivity contribution is 0.174. The van der Waals surface area contributed by atoms with E-state index in [9.17, 15) is 5.11 Å². The summed E-state index contributed by atoms with van der Waals surface area (Å²) in [6.45, 7) is 5.19. The summed E-state index contributed by atoms with van der Waals surface area (Å²) in [6, 6.07) is 7.19. The van der Waals surface area contributed by atoms with E-state index in [0.717, 1.165) is 16.8 Å². The zero-order valence-electron chi connectivity index (χ0n) is 13.0. The number of halogens is 2. The lowest BCUT2D eigenvalue weighted by Gasteiger charge is -2.13. The molecule has 120 valence electrons. The van der Waals surface area contributed by atoms with Crippen molar-refractivity contribution < 1.29 is 5.11 Å². The van der Waals surface area contributed by atoms with Crippen LogP contribution in [0.2, 0.25) is 10.2 Å². The van der Waals surface area contributed by atoms with Gasteiger partial charge in [-0.1, -0.05) is 49.2 Å². The van der Waals surface area contributed by atoms with Gasteiger partial charge in [-0.25, -0.2) is 0 Å². The van der Waals surface area contributed by atoms with Crippen molar-refractivity contribution in [3.63, 3.8) is 0 Å². The Balaban J connectivity index is 1.98. The molecule has 6 heteroatoms. The van der Waals surface area contributed by atoms with E-state index in [0.29, 0.717) is 29.2 Å². The van der Waals surface area contributed by atoms with Gasteiger partial charge in [-0.2, -0.15) is 5.10 Å². The van der Waals surface area contributed by atoms with Crippen LogP contribution in [0.4, 0.5) is 0 Å². The fourth-order valence-corrected chi connectivity index (χ4v) is 2.66. The second-order valence-electron chi connectivity index (χ2n) is 5.63. The smallest absolute Gasteiger partial charge is 0.131 e. The molecule has 0 saturated carbocycles. The number of hydrogen-bond donors (Lipinski definition) is 2. The Morgan fingerprint density at radius 2 is 1.86 bits per heavy atom. The minimum atomic E-state index is -0.588. The second-order valence-corrected chi connectivity index (χ2v) is 6.43. The molecular formula is C16H21Cl2N3O. The van der Waals surface area contributed by atoms with Crippen LogP contribution in [0.5, 0.6) is 0 Å². The quantitative estimate of drug-likeness (QED) is 0.842. The topological polar surface area (TPSA) is 50.1 Å². The van der Waals surface area contributed by atoms with Crippen LogP contribution in [0.25, 0.3) is 0 Å². The standard InChI is InChI=1S/C16H21Cl2N3O/c1-10(2)15-13(16(18)21(3)20-15)8-19-9-14(22)11-4-6-12(17)7-5-11/h4-7,10,14,19,22H,8-9H2,1-3H3. The lowest BCUT2D eigenvalue weighted by atomic mass is 10.1. The average molecular weight is 342 g/mol. The van der Waals surface area contributed by atoms with Gasteiger partial charge in [0.1, 0.15) is 5.15 Å². The monoisotopic (exact) mass is 341 g/mol. The van der Waals surface area contributed by atoms with E-state index >= 15 is 0 Å². The molecule has 0 bridgehead atoms. The molecule has 0 amide bonds. The molecule has 0 saturated heterocycles. The number of aromatic nitrogens is 2. The maximum absolute atomic E-state index is 10.2. The van der Waals surface area contributed by atoms with Crippen LogP contribution >= 0.6 is 23.2 Å². The number of rotatable bonds is 6. The van der Waals surface area contributed by atoms with Crippen LogP contribution in [0, 0.1) is 0 Å². The predicted molar refractivity (Wildman–Crippen MR) is 90.4 cm³/mol. The van der Waals surface area contributed by atoms with Gasteiger partial charge in [-0.15, -0.1) is 0 Å². The van der Waals surface area contributed by atoms with Gasteiger partial charge in [-0.05, 0) is 23.6 Å². The maximum Gasteiger partial charge on any atom is 0.131 e. The fraction of sp³-hybridized carbons (Fsp3) is 0.438. The van der Waals surface area contributed by atoms with Crippen LogP contribution in [-0.4, -0.2) is 21.4 Å². The average Bonchev–Trinajstić information content (AvgIpc) is 2.76. The van der Waals surface area contributed by atoms with Crippen molar-refractivity contribution in [1.29, 1.82) is 0 Å². The number of hydrogen-bond acceptors (Lipinski definition) is 3. The molecule has 2 aromatic rings. The molecule has 0 aliphatic heterocycles. The van der Waals surface area contributed by atoms with Crippen LogP contribution in [-0.2, 0) is 13.6 Å². The van der Waals surface area contributed by atoms with Crippen LogP contribution < -0.4 is 5.32 Å². The third kappa shape index (κ3) is 4.02. The van der Waals surface area contributed by atoms with Gasteiger partial charge in [0.05, 0.1) is 11.8 Å². The van der Waals surface area contributed by atoms with Gasteiger partial charge in [0.15, 0.2) is 0 Å². The first-order chi connectivity index (χ1) is 10.4. The number of aliphatic hydroxyl groups excluding tert-OH is 1. The molecule has 2 rings (SSSR count). The van der Waals surface area contributed by atoms with Crippen molar-refractivity contribution in [2.45, 2.75) is 32.4 Å². The molecule has 2 N–H and O–H groups in total. The van der Waals surface area contributed by atoms with E-state index in [2.05, 4.69) is 24.3 Å². The third-order valence-corrected chi connectivity index (χ3v) is 4.27. The van der Waals surface area contributed by atoms with Crippen molar-refractivity contribution in [3.8, 4) is 0 Å². The highest BCUT2D eigenvalue weighted by molar-refractivity contribution is 6.30. The van der Waals surface area contributed by atoms with Crippen molar-refractivity contribution in [2.75, 3.05) is 6.54 Å². The highest BCUT2D eigenvalue weighted by atomic mass is 35.5.